The second-order valence-electron chi connectivity index (χ2n) is 6.91. The highest BCUT2D eigenvalue weighted by molar-refractivity contribution is 8.00. The Kier molecular flexibility index (Phi) is 6.25. The lowest BCUT2D eigenvalue weighted by molar-refractivity contribution is -0.115. The zero-order valence-electron chi connectivity index (χ0n) is 16.6. The number of aryl methyl sites for hydroxylation is 2. The molecule has 0 aliphatic heterocycles. The van der Waals surface area contributed by atoms with E-state index in [1.165, 1.54) is 11.8 Å². The molecule has 0 spiro atoms. The van der Waals surface area contributed by atoms with Crippen LogP contribution in [0.1, 0.15) is 26.8 Å². The van der Waals surface area contributed by atoms with E-state index in [0.29, 0.717) is 11.7 Å². The third-order valence-corrected chi connectivity index (χ3v) is 6.69. The molecule has 0 radical (unpaired) electrons. The Balaban J connectivity index is 1.61. The van der Waals surface area contributed by atoms with Gasteiger partial charge in [0, 0.05) is 10.6 Å². The maximum absolute atomic E-state index is 13.3. The summed E-state index contributed by atoms with van der Waals surface area (Å²) in [5.74, 6) is -0.106. The molecule has 1 atom stereocenters. The van der Waals surface area contributed by atoms with E-state index >= 15 is 0 Å². The van der Waals surface area contributed by atoms with Gasteiger partial charge in [0.05, 0.1) is 6.54 Å². The van der Waals surface area contributed by atoms with Crippen molar-refractivity contribution in [3.05, 3.63) is 87.6 Å². The van der Waals surface area contributed by atoms with Crippen molar-refractivity contribution in [3.63, 3.8) is 0 Å². The number of hydrogen-bond acceptors (Lipinski definition) is 6. The monoisotopic (exact) mass is 435 g/mol. The van der Waals surface area contributed by atoms with Gasteiger partial charge in [0.25, 0.3) is 0 Å². The lowest BCUT2D eigenvalue weighted by atomic mass is 10.1. The number of amides is 1. The molecule has 0 aliphatic rings. The second kappa shape index (κ2) is 9.23. The van der Waals surface area contributed by atoms with Crippen molar-refractivity contribution in [2.45, 2.75) is 30.8 Å². The topological polar surface area (TPSA) is 72.7 Å². The Morgan fingerprint density at radius 2 is 1.97 bits per heavy atom. The molecule has 2 aromatic heterocycles. The van der Waals surface area contributed by atoms with Gasteiger partial charge in [-0.05, 0) is 58.5 Å². The number of benzene rings is 2. The van der Waals surface area contributed by atoms with Gasteiger partial charge in [0.15, 0.2) is 0 Å². The summed E-state index contributed by atoms with van der Waals surface area (Å²) in [6.45, 7) is 4.58. The number of anilines is 1. The van der Waals surface area contributed by atoms with Crippen molar-refractivity contribution in [2.75, 3.05) is 5.32 Å². The van der Waals surface area contributed by atoms with Crippen LogP contribution in [0.3, 0.4) is 0 Å². The van der Waals surface area contributed by atoms with E-state index in [-0.39, 0.29) is 5.91 Å². The largest absolute Gasteiger partial charge is 0.325 e. The summed E-state index contributed by atoms with van der Waals surface area (Å²) in [4.78, 5) is 14.5. The number of nitrogens with zero attached hydrogens (tertiary/aromatic N) is 4. The molecule has 4 rings (SSSR count). The van der Waals surface area contributed by atoms with Gasteiger partial charge in [0.2, 0.25) is 11.1 Å². The molecule has 1 N–H and O–H groups in total. The highest BCUT2D eigenvalue weighted by Gasteiger charge is 2.25. The molecule has 2 heterocycles. The molecule has 152 valence electrons. The van der Waals surface area contributed by atoms with Crippen molar-refractivity contribution >= 4 is 34.7 Å². The summed E-state index contributed by atoms with van der Waals surface area (Å²) in [7, 11) is 0. The minimum Gasteiger partial charge on any atom is -0.325 e. The molecule has 0 saturated carbocycles. The average molecular weight is 436 g/mol. The zero-order chi connectivity index (χ0) is 20.9. The van der Waals surface area contributed by atoms with E-state index < -0.39 is 5.25 Å². The van der Waals surface area contributed by atoms with Gasteiger partial charge in [0.1, 0.15) is 5.25 Å². The van der Waals surface area contributed by atoms with Crippen LogP contribution in [-0.2, 0) is 11.3 Å². The minimum atomic E-state index is -0.487. The van der Waals surface area contributed by atoms with Crippen LogP contribution < -0.4 is 5.32 Å². The number of rotatable bonds is 7. The predicted octanol–water partition coefficient (Wildman–Crippen LogP) is 4.87. The summed E-state index contributed by atoms with van der Waals surface area (Å²) < 4.78 is 1.73. The van der Waals surface area contributed by atoms with E-state index in [2.05, 4.69) is 20.8 Å². The third kappa shape index (κ3) is 4.77. The minimum absolute atomic E-state index is 0.106. The first kappa shape index (κ1) is 20.3. The van der Waals surface area contributed by atoms with Crippen LogP contribution in [-0.4, -0.2) is 26.1 Å². The highest BCUT2D eigenvalue weighted by atomic mass is 32.2. The average Bonchev–Trinajstić information content (AvgIpc) is 3.42. The van der Waals surface area contributed by atoms with E-state index in [1.807, 2.05) is 79.9 Å². The van der Waals surface area contributed by atoms with Crippen LogP contribution in [0, 0.1) is 13.8 Å². The maximum atomic E-state index is 13.3. The maximum Gasteiger partial charge on any atom is 0.242 e. The molecule has 2 aromatic carbocycles. The van der Waals surface area contributed by atoms with E-state index in [4.69, 9.17) is 0 Å². The second-order valence-corrected chi connectivity index (χ2v) is 9.02. The first-order valence-electron chi connectivity index (χ1n) is 9.48. The number of carbonyl (C=O) groups is 1. The molecule has 0 aliphatic carbocycles. The van der Waals surface area contributed by atoms with Crippen LogP contribution in [0.2, 0.25) is 0 Å². The molecule has 8 heteroatoms. The fourth-order valence-electron chi connectivity index (χ4n) is 3.01. The van der Waals surface area contributed by atoms with Gasteiger partial charge in [-0.2, -0.15) is 0 Å². The van der Waals surface area contributed by atoms with Crippen molar-refractivity contribution < 1.29 is 4.79 Å². The Morgan fingerprint density at radius 3 is 2.73 bits per heavy atom. The molecule has 0 fully saturated rings. The predicted molar refractivity (Wildman–Crippen MR) is 121 cm³/mol. The van der Waals surface area contributed by atoms with Gasteiger partial charge < -0.3 is 5.32 Å². The molecular weight excluding hydrogens is 414 g/mol. The zero-order valence-corrected chi connectivity index (χ0v) is 18.3. The summed E-state index contributed by atoms with van der Waals surface area (Å²) >= 11 is 3.01. The van der Waals surface area contributed by atoms with Crippen LogP contribution in [0.4, 0.5) is 5.69 Å². The smallest absolute Gasteiger partial charge is 0.242 e. The molecule has 1 unspecified atom stereocenters. The molecular formula is C22H21N5OS2. The molecule has 4 aromatic rings. The number of hydrogen-bond donors (Lipinski definition) is 1. The standard InChI is InChI=1S/C22H21N5OS2/c1-15-10-11-16(2)19(13-15)23-21(28)20(17-7-4-3-5-8-17)30-22-24-25-26-27(22)14-18-9-6-12-29-18/h3-13,20H,14H2,1-2H3,(H,23,28). The number of carbonyl (C=O) groups excluding carboxylic acids is 1. The Morgan fingerprint density at radius 1 is 1.13 bits per heavy atom. The van der Waals surface area contributed by atoms with E-state index in [1.54, 1.807) is 16.0 Å². The van der Waals surface area contributed by atoms with Gasteiger partial charge in [-0.3, -0.25) is 4.79 Å². The lowest BCUT2D eigenvalue weighted by Gasteiger charge is -2.17. The van der Waals surface area contributed by atoms with Crippen molar-refractivity contribution in [2.24, 2.45) is 0 Å². The van der Waals surface area contributed by atoms with Crippen LogP contribution in [0.15, 0.2) is 71.2 Å². The third-order valence-electron chi connectivity index (χ3n) is 4.60. The van der Waals surface area contributed by atoms with Gasteiger partial charge in [-0.1, -0.05) is 60.3 Å². The number of nitrogens with one attached hydrogen (secondary N) is 1. The lowest BCUT2D eigenvalue weighted by Crippen LogP contribution is -2.20. The molecule has 0 saturated heterocycles. The number of tetrazole rings is 1. The molecule has 6 nitrogen and oxygen atoms in total. The fraction of sp³-hybridized carbons (Fsp3) is 0.182. The number of thioether (sulfide) groups is 1. The van der Waals surface area contributed by atoms with Crippen LogP contribution in [0.25, 0.3) is 0 Å². The summed E-state index contributed by atoms with van der Waals surface area (Å²) in [6.07, 6.45) is 0. The quantitative estimate of drug-likeness (QED) is 0.419. The van der Waals surface area contributed by atoms with Crippen molar-refractivity contribution in [1.29, 1.82) is 0 Å². The van der Waals surface area contributed by atoms with Gasteiger partial charge >= 0.3 is 0 Å². The Bertz CT molecular complexity index is 1130. The normalized spacial score (nSPS) is 11.9. The number of thiophene rings is 1. The van der Waals surface area contributed by atoms with Crippen LogP contribution in [0.5, 0.6) is 0 Å². The van der Waals surface area contributed by atoms with Crippen LogP contribution >= 0.6 is 23.1 Å². The van der Waals surface area contributed by atoms with Gasteiger partial charge in [-0.15, -0.1) is 16.4 Å². The molecule has 0 bridgehead atoms. The molecule has 30 heavy (non-hydrogen) atoms. The van der Waals surface area contributed by atoms with Crippen molar-refractivity contribution in [3.8, 4) is 0 Å². The molecule has 1 amide bonds. The number of aromatic nitrogens is 4. The summed E-state index contributed by atoms with van der Waals surface area (Å²) in [5.41, 5.74) is 3.84. The summed E-state index contributed by atoms with van der Waals surface area (Å²) in [5, 5.41) is 17.4. The van der Waals surface area contributed by atoms with Crippen molar-refractivity contribution in [1.82, 2.24) is 20.2 Å². The Labute approximate surface area is 183 Å². The first-order chi connectivity index (χ1) is 14.6. The van der Waals surface area contributed by atoms with E-state index in [9.17, 15) is 4.79 Å². The summed E-state index contributed by atoms with van der Waals surface area (Å²) in [6, 6.07) is 19.8. The fourth-order valence-corrected chi connectivity index (χ4v) is 4.67. The SMILES string of the molecule is Cc1ccc(C)c(NC(=O)C(Sc2nnnn2Cc2cccs2)c2ccccc2)c1. The van der Waals surface area contributed by atoms with E-state index in [0.717, 1.165) is 27.3 Å². The Hall–Kier alpha value is -2.97. The highest BCUT2D eigenvalue weighted by Crippen LogP contribution is 2.35. The van der Waals surface area contributed by atoms with Gasteiger partial charge in [-0.25, -0.2) is 4.68 Å². The first-order valence-corrected chi connectivity index (χ1v) is 11.2.